The Hall–Kier alpha value is -1.94. The van der Waals surface area contributed by atoms with E-state index >= 15 is 0 Å². The van der Waals surface area contributed by atoms with Crippen molar-refractivity contribution in [3.8, 4) is 0 Å². The summed E-state index contributed by atoms with van der Waals surface area (Å²) < 4.78 is 68.0. The molecule has 0 radical (unpaired) electrons. The van der Waals surface area contributed by atoms with E-state index in [1.807, 2.05) is 0 Å². The Balaban J connectivity index is 5.23. The van der Waals surface area contributed by atoms with Gasteiger partial charge in [-0.15, -0.1) is 0 Å². The van der Waals surface area contributed by atoms with Gasteiger partial charge in [-0.3, -0.25) is 37.3 Å². The van der Waals surface area contributed by atoms with E-state index in [0.29, 0.717) is 37.5 Å². The molecule has 19 heteroatoms. The molecule has 0 bridgehead atoms. The van der Waals surface area contributed by atoms with Crippen molar-refractivity contribution in [2.24, 2.45) is 23.7 Å². The molecule has 0 aromatic heterocycles. The largest absolute Gasteiger partial charge is 0.472 e. The monoisotopic (exact) mass is 1240 g/mol. The topological polar surface area (TPSA) is 237 Å². The van der Waals surface area contributed by atoms with Crippen LogP contribution in [0.3, 0.4) is 0 Å². The summed E-state index contributed by atoms with van der Waals surface area (Å²) in [7, 11) is -9.89. The van der Waals surface area contributed by atoms with Crippen LogP contribution in [0.4, 0.5) is 0 Å². The van der Waals surface area contributed by atoms with Crippen LogP contribution in [0.2, 0.25) is 0 Å². The second-order valence-corrected chi connectivity index (χ2v) is 28.1. The number of esters is 4. The number of rotatable bonds is 62. The molecule has 0 aliphatic carbocycles. The van der Waals surface area contributed by atoms with Gasteiger partial charge in [0.25, 0.3) is 0 Å². The average molecular weight is 1240 g/mol. The van der Waals surface area contributed by atoms with Crippen molar-refractivity contribution in [3.63, 3.8) is 0 Å². The lowest BCUT2D eigenvalue weighted by molar-refractivity contribution is -0.161. The van der Waals surface area contributed by atoms with E-state index in [9.17, 15) is 43.2 Å². The summed E-state index contributed by atoms with van der Waals surface area (Å²) in [4.78, 5) is 72.2. The Kier molecular flexibility index (Phi) is 53.9. The zero-order valence-corrected chi connectivity index (χ0v) is 56.3. The Labute approximate surface area is 511 Å². The summed E-state index contributed by atoms with van der Waals surface area (Å²) in [6, 6.07) is 0. The standard InChI is InChI=1S/C65H126O17P2/c1-9-58(8)44-36-28-18-15-16-19-29-37-45-62(67)75-51-61(82-65(70)48-40-32-24-22-27-35-43-57(6)7)54-80-84(73,74)78-50-59(66)49-77-83(71,72)79-53-60(52-76-63(68)46-38-30-23-21-26-34-42-56(4)5)81-64(69)47-39-31-20-14-12-10-11-13-17-25-33-41-55(2)3/h55-61,66H,9-54H2,1-8H3,(H,71,72)(H,73,74)/t58?,59-,60+,61+/m0/s1. The molecular weight excluding hydrogens is 1110 g/mol. The lowest BCUT2D eigenvalue weighted by Crippen LogP contribution is -2.30. The summed E-state index contributed by atoms with van der Waals surface area (Å²) in [5.41, 5.74) is 0. The summed E-state index contributed by atoms with van der Waals surface area (Å²) in [6.45, 7) is 13.9. The molecule has 17 nitrogen and oxygen atoms in total. The van der Waals surface area contributed by atoms with E-state index in [2.05, 4.69) is 55.4 Å². The third-order valence-corrected chi connectivity index (χ3v) is 17.1. The zero-order valence-electron chi connectivity index (χ0n) is 54.5. The fourth-order valence-electron chi connectivity index (χ4n) is 9.57. The number of carbonyl (C=O) groups is 4. The van der Waals surface area contributed by atoms with E-state index in [-0.39, 0.29) is 25.7 Å². The first-order chi connectivity index (χ1) is 40.1. The van der Waals surface area contributed by atoms with Gasteiger partial charge in [0.15, 0.2) is 12.2 Å². The van der Waals surface area contributed by atoms with Crippen LogP contribution >= 0.6 is 15.6 Å². The Bertz CT molecular complexity index is 1680. The number of aliphatic hydroxyl groups is 1. The SMILES string of the molecule is CCC(C)CCCCCCCCCCC(=O)OC[C@H](COP(=O)(O)OC[C@@H](O)COP(=O)(O)OC[C@@H](COC(=O)CCCCCCCCC(C)C)OC(=O)CCCCCCCCCCCCCC(C)C)OC(=O)CCCCCCCCC(C)C. The number of hydrogen-bond acceptors (Lipinski definition) is 15. The molecule has 498 valence electrons. The molecule has 0 rings (SSSR count). The molecule has 0 fully saturated rings. The van der Waals surface area contributed by atoms with Crippen LogP contribution in [0.25, 0.3) is 0 Å². The van der Waals surface area contributed by atoms with Crippen molar-refractivity contribution in [2.75, 3.05) is 39.6 Å². The van der Waals surface area contributed by atoms with Crippen molar-refractivity contribution >= 4 is 39.5 Å². The maximum atomic E-state index is 13.0. The summed E-state index contributed by atoms with van der Waals surface area (Å²) in [5.74, 6) is 0.749. The molecule has 0 spiro atoms. The van der Waals surface area contributed by atoms with Gasteiger partial charge in [-0.2, -0.15) is 0 Å². The quantitative estimate of drug-likeness (QED) is 0.0222. The highest BCUT2D eigenvalue weighted by molar-refractivity contribution is 7.47. The van der Waals surface area contributed by atoms with Gasteiger partial charge in [-0.25, -0.2) is 9.13 Å². The average Bonchev–Trinajstić information content (AvgIpc) is 3.48. The predicted molar refractivity (Wildman–Crippen MR) is 335 cm³/mol. The van der Waals surface area contributed by atoms with Crippen LogP contribution in [0.15, 0.2) is 0 Å². The third kappa shape index (κ3) is 57.8. The minimum Gasteiger partial charge on any atom is -0.462 e. The minimum absolute atomic E-state index is 0.101. The van der Waals surface area contributed by atoms with E-state index in [1.165, 1.54) is 109 Å². The van der Waals surface area contributed by atoms with Gasteiger partial charge in [-0.05, 0) is 49.4 Å². The van der Waals surface area contributed by atoms with Gasteiger partial charge in [-0.1, -0.05) is 261 Å². The highest BCUT2D eigenvalue weighted by Gasteiger charge is 2.30. The van der Waals surface area contributed by atoms with Crippen LogP contribution in [-0.2, 0) is 65.4 Å². The van der Waals surface area contributed by atoms with Crippen LogP contribution in [-0.4, -0.2) is 96.7 Å². The highest BCUT2D eigenvalue weighted by atomic mass is 31.2. The first-order valence-corrected chi connectivity index (χ1v) is 36.7. The van der Waals surface area contributed by atoms with Gasteiger partial charge in [0.1, 0.15) is 19.3 Å². The molecule has 0 aromatic rings. The first-order valence-electron chi connectivity index (χ1n) is 33.7. The van der Waals surface area contributed by atoms with E-state index < -0.39 is 97.5 Å². The maximum absolute atomic E-state index is 13.0. The van der Waals surface area contributed by atoms with Crippen LogP contribution in [0.5, 0.6) is 0 Å². The van der Waals surface area contributed by atoms with E-state index in [4.69, 9.17) is 37.0 Å². The van der Waals surface area contributed by atoms with E-state index in [1.54, 1.807) is 0 Å². The number of unbranched alkanes of at least 4 members (excludes halogenated alkanes) is 27. The summed E-state index contributed by atoms with van der Waals surface area (Å²) in [6.07, 6.45) is 35.1. The van der Waals surface area contributed by atoms with Gasteiger partial charge in [0, 0.05) is 25.7 Å². The van der Waals surface area contributed by atoms with Gasteiger partial charge in [0.05, 0.1) is 26.4 Å². The second-order valence-electron chi connectivity index (χ2n) is 25.2. The van der Waals surface area contributed by atoms with Crippen LogP contribution in [0.1, 0.15) is 312 Å². The fourth-order valence-corrected chi connectivity index (χ4v) is 11.2. The molecule has 0 amide bonds. The summed E-state index contributed by atoms with van der Waals surface area (Å²) >= 11 is 0. The van der Waals surface area contributed by atoms with Gasteiger partial charge < -0.3 is 33.8 Å². The van der Waals surface area contributed by atoms with E-state index in [0.717, 1.165) is 108 Å². The van der Waals surface area contributed by atoms with Crippen LogP contribution in [0, 0.1) is 23.7 Å². The van der Waals surface area contributed by atoms with Gasteiger partial charge in [0.2, 0.25) is 0 Å². The molecule has 6 atom stereocenters. The Morgan fingerprint density at radius 2 is 0.571 bits per heavy atom. The molecular formula is C65H126O17P2. The lowest BCUT2D eigenvalue weighted by Gasteiger charge is -2.21. The maximum Gasteiger partial charge on any atom is 0.472 e. The first kappa shape index (κ1) is 82.1. The summed E-state index contributed by atoms with van der Waals surface area (Å²) in [5, 5.41) is 10.5. The van der Waals surface area contributed by atoms with Crippen molar-refractivity contribution in [2.45, 2.75) is 331 Å². The zero-order chi connectivity index (χ0) is 62.5. The molecule has 3 unspecified atom stereocenters. The molecule has 0 aromatic carbocycles. The molecule has 3 N–H and O–H groups in total. The van der Waals surface area contributed by atoms with Crippen molar-refractivity contribution < 1.29 is 80.2 Å². The van der Waals surface area contributed by atoms with Crippen molar-refractivity contribution in [1.29, 1.82) is 0 Å². The molecule has 0 saturated carbocycles. The number of phosphoric acid groups is 2. The minimum atomic E-state index is -4.95. The Morgan fingerprint density at radius 1 is 0.333 bits per heavy atom. The Morgan fingerprint density at radius 3 is 0.845 bits per heavy atom. The number of carbonyl (C=O) groups excluding carboxylic acids is 4. The number of phosphoric ester groups is 2. The molecule has 0 saturated heterocycles. The number of ether oxygens (including phenoxy) is 4. The number of aliphatic hydroxyl groups excluding tert-OH is 1. The fraction of sp³-hybridized carbons (Fsp3) is 0.938. The number of hydrogen-bond donors (Lipinski definition) is 3. The second kappa shape index (κ2) is 55.2. The third-order valence-electron chi connectivity index (χ3n) is 15.2. The molecule has 0 aliphatic heterocycles. The van der Waals surface area contributed by atoms with Crippen molar-refractivity contribution in [3.05, 3.63) is 0 Å². The molecule has 84 heavy (non-hydrogen) atoms. The molecule has 0 heterocycles. The van der Waals surface area contributed by atoms with Crippen molar-refractivity contribution in [1.82, 2.24) is 0 Å². The van der Waals surface area contributed by atoms with Gasteiger partial charge >= 0.3 is 39.5 Å². The lowest BCUT2D eigenvalue weighted by atomic mass is 9.99. The van der Waals surface area contributed by atoms with Crippen LogP contribution < -0.4 is 0 Å². The molecule has 0 aliphatic rings. The smallest absolute Gasteiger partial charge is 0.462 e. The predicted octanol–water partition coefficient (Wildman–Crippen LogP) is 17.8. The highest BCUT2D eigenvalue weighted by Crippen LogP contribution is 2.45. The normalized spacial score (nSPS) is 14.7.